The van der Waals surface area contributed by atoms with Crippen LogP contribution in [0.1, 0.15) is 0 Å². The zero-order valence-electron chi connectivity index (χ0n) is 32.9. The third kappa shape index (κ3) is 5.08. The molecule has 13 rings (SSSR count). The summed E-state index contributed by atoms with van der Waals surface area (Å²) in [5, 5.41) is 8.44. The Morgan fingerprint density at radius 2 is 0.639 bits per heavy atom. The molecule has 61 heavy (non-hydrogen) atoms. The summed E-state index contributed by atoms with van der Waals surface area (Å²) in [6.45, 7) is 0. The van der Waals surface area contributed by atoms with Gasteiger partial charge < -0.3 is 13.7 Å². The Hall–Kier alpha value is -8.28. The molecule has 5 heteroatoms. The minimum absolute atomic E-state index is 0.712. The van der Waals surface area contributed by atoms with Crippen molar-refractivity contribution in [2.45, 2.75) is 0 Å². The van der Waals surface area contributed by atoms with Crippen LogP contribution in [0.5, 0.6) is 0 Å². The van der Waals surface area contributed by atoms with E-state index in [0.717, 1.165) is 50.3 Å². The Balaban J connectivity index is 0.959. The summed E-state index contributed by atoms with van der Waals surface area (Å²) in [6.07, 6.45) is 0. The maximum absolute atomic E-state index is 5.14. The van der Waals surface area contributed by atoms with Crippen LogP contribution in [-0.2, 0) is 0 Å². The molecule has 0 unspecified atom stereocenters. The van der Waals surface area contributed by atoms with Crippen LogP contribution < -0.4 is 0 Å². The number of hydrogen-bond donors (Lipinski definition) is 0. The fourth-order valence-electron chi connectivity index (χ4n) is 9.72. The summed E-state index contributed by atoms with van der Waals surface area (Å²) in [5.41, 5.74) is 14.4. The standard InChI is InChI=1S/C56H35N5/c1-2-14-36(15-3-1)55-45-20-4-9-21-48(45)57-56(58-55)37-26-28-38(29-27-37)60-51-24-12-7-18-43(51)46-35-54-47(34-53(46)60)44-19-8-13-25-52(44)61(54)40-32-30-39(31-33-40)59-49-22-10-5-16-41(49)42-17-6-11-23-50(42)59/h1-35H. The van der Waals surface area contributed by atoms with Crippen molar-refractivity contribution < 1.29 is 0 Å². The smallest absolute Gasteiger partial charge is 0.160 e. The summed E-state index contributed by atoms with van der Waals surface area (Å²) in [4.78, 5) is 10.2. The Morgan fingerprint density at radius 1 is 0.262 bits per heavy atom. The number of nitrogens with zero attached hydrogens (tertiary/aromatic N) is 5. The van der Waals surface area contributed by atoms with Gasteiger partial charge in [-0.3, -0.25) is 0 Å². The molecule has 0 atom stereocenters. The summed E-state index contributed by atoms with van der Waals surface area (Å²) in [5.74, 6) is 0.712. The Bertz CT molecular complexity index is 3800. The monoisotopic (exact) mass is 777 g/mol. The van der Waals surface area contributed by atoms with Gasteiger partial charge in [-0.25, -0.2) is 9.97 Å². The van der Waals surface area contributed by atoms with Gasteiger partial charge in [0.15, 0.2) is 5.82 Å². The summed E-state index contributed by atoms with van der Waals surface area (Å²) < 4.78 is 7.20. The molecule has 0 N–H and O–H groups in total. The van der Waals surface area contributed by atoms with Crippen LogP contribution in [0.2, 0.25) is 0 Å². The third-order valence-corrected chi connectivity index (χ3v) is 12.4. The minimum Gasteiger partial charge on any atom is -0.309 e. The van der Waals surface area contributed by atoms with E-state index >= 15 is 0 Å². The summed E-state index contributed by atoms with van der Waals surface area (Å²) >= 11 is 0. The van der Waals surface area contributed by atoms with Crippen molar-refractivity contribution in [2.75, 3.05) is 0 Å². The van der Waals surface area contributed by atoms with Crippen LogP contribution in [0.4, 0.5) is 0 Å². The van der Waals surface area contributed by atoms with E-state index in [1.54, 1.807) is 0 Å². The average Bonchev–Trinajstić information content (AvgIpc) is 3.96. The first-order valence-electron chi connectivity index (χ1n) is 20.8. The maximum atomic E-state index is 5.14. The van der Waals surface area contributed by atoms with E-state index in [-0.39, 0.29) is 0 Å². The van der Waals surface area contributed by atoms with Gasteiger partial charge in [0.05, 0.1) is 44.3 Å². The predicted octanol–water partition coefficient (Wildman–Crippen LogP) is 14.3. The molecular weight excluding hydrogens is 743 g/mol. The lowest BCUT2D eigenvalue weighted by Crippen LogP contribution is -1.97. The number of fused-ring (bicyclic) bond motifs is 10. The Morgan fingerprint density at radius 3 is 1.13 bits per heavy atom. The van der Waals surface area contributed by atoms with Gasteiger partial charge in [-0.1, -0.05) is 121 Å². The topological polar surface area (TPSA) is 40.6 Å². The molecule has 0 aliphatic heterocycles. The van der Waals surface area contributed by atoms with E-state index in [4.69, 9.17) is 9.97 Å². The molecule has 0 bridgehead atoms. The van der Waals surface area contributed by atoms with Crippen molar-refractivity contribution in [2.24, 2.45) is 0 Å². The summed E-state index contributed by atoms with van der Waals surface area (Å²) in [7, 11) is 0. The molecule has 4 heterocycles. The van der Waals surface area contributed by atoms with Crippen molar-refractivity contribution in [1.29, 1.82) is 0 Å². The van der Waals surface area contributed by atoms with Crippen LogP contribution in [0.25, 0.3) is 116 Å². The van der Waals surface area contributed by atoms with Gasteiger partial charge >= 0.3 is 0 Å². The van der Waals surface area contributed by atoms with Crippen molar-refractivity contribution >= 4 is 76.3 Å². The lowest BCUT2D eigenvalue weighted by molar-refractivity contribution is 1.14. The van der Waals surface area contributed by atoms with Gasteiger partial charge in [0, 0.05) is 65.9 Å². The first-order valence-corrected chi connectivity index (χ1v) is 20.8. The van der Waals surface area contributed by atoms with E-state index in [9.17, 15) is 0 Å². The maximum Gasteiger partial charge on any atom is 0.160 e. The SMILES string of the molecule is c1ccc(-c2nc(-c3ccc(-n4c5ccccc5c5cc6c(cc54)c4ccccc4n6-c4ccc(-n5c6ccccc6c6ccccc65)cc4)cc3)nc3ccccc23)cc1. The van der Waals surface area contributed by atoms with Crippen LogP contribution in [0, 0.1) is 0 Å². The van der Waals surface area contributed by atoms with Gasteiger partial charge in [-0.15, -0.1) is 0 Å². The fraction of sp³-hybridized carbons (Fsp3) is 0. The van der Waals surface area contributed by atoms with Crippen LogP contribution in [0.15, 0.2) is 212 Å². The van der Waals surface area contributed by atoms with Crippen molar-refractivity contribution in [1.82, 2.24) is 23.7 Å². The second-order valence-electron chi connectivity index (χ2n) is 15.8. The Labute approximate surface area is 350 Å². The van der Waals surface area contributed by atoms with E-state index in [2.05, 4.69) is 214 Å². The lowest BCUT2D eigenvalue weighted by atomic mass is 10.1. The first-order chi connectivity index (χ1) is 30.3. The van der Waals surface area contributed by atoms with E-state index in [1.165, 1.54) is 59.9 Å². The first kappa shape index (κ1) is 33.7. The van der Waals surface area contributed by atoms with Crippen molar-refractivity contribution in [3.05, 3.63) is 212 Å². The number of para-hydroxylation sites is 5. The molecule has 13 aromatic rings. The molecule has 0 saturated carbocycles. The summed E-state index contributed by atoms with van der Waals surface area (Å²) in [6, 6.07) is 76.1. The fourth-order valence-corrected chi connectivity index (χ4v) is 9.72. The molecule has 9 aromatic carbocycles. The molecule has 0 saturated heterocycles. The number of rotatable bonds is 5. The highest BCUT2D eigenvalue weighted by Gasteiger charge is 2.20. The molecule has 284 valence electrons. The Kier molecular flexibility index (Phi) is 7.24. The van der Waals surface area contributed by atoms with E-state index < -0.39 is 0 Å². The molecule has 0 amide bonds. The zero-order valence-corrected chi connectivity index (χ0v) is 32.9. The van der Waals surface area contributed by atoms with Crippen LogP contribution >= 0.6 is 0 Å². The van der Waals surface area contributed by atoms with Gasteiger partial charge in [0.2, 0.25) is 0 Å². The molecular formula is C56H35N5. The van der Waals surface area contributed by atoms with E-state index in [1.807, 2.05) is 12.1 Å². The van der Waals surface area contributed by atoms with Gasteiger partial charge in [-0.2, -0.15) is 0 Å². The minimum atomic E-state index is 0.712. The number of aromatic nitrogens is 5. The van der Waals surface area contributed by atoms with Gasteiger partial charge in [-0.05, 0) is 91.0 Å². The van der Waals surface area contributed by atoms with Crippen LogP contribution in [0.3, 0.4) is 0 Å². The molecule has 0 fully saturated rings. The number of hydrogen-bond acceptors (Lipinski definition) is 2. The van der Waals surface area contributed by atoms with Crippen molar-refractivity contribution in [3.8, 4) is 39.7 Å². The average molecular weight is 778 g/mol. The normalized spacial score (nSPS) is 11.9. The quantitative estimate of drug-likeness (QED) is 0.175. The predicted molar refractivity (Wildman–Crippen MR) is 253 cm³/mol. The number of benzene rings is 9. The highest BCUT2D eigenvalue weighted by Crippen LogP contribution is 2.40. The molecule has 5 nitrogen and oxygen atoms in total. The molecule has 0 aliphatic rings. The van der Waals surface area contributed by atoms with E-state index in [0.29, 0.717) is 5.82 Å². The highest BCUT2D eigenvalue weighted by molar-refractivity contribution is 6.19. The van der Waals surface area contributed by atoms with Gasteiger partial charge in [0.1, 0.15) is 0 Å². The second kappa shape index (κ2) is 13.1. The van der Waals surface area contributed by atoms with Gasteiger partial charge in [0.25, 0.3) is 0 Å². The van der Waals surface area contributed by atoms with Crippen LogP contribution in [-0.4, -0.2) is 23.7 Å². The van der Waals surface area contributed by atoms with Crippen molar-refractivity contribution in [3.63, 3.8) is 0 Å². The zero-order chi connectivity index (χ0) is 40.0. The molecule has 0 aliphatic carbocycles. The molecule has 0 radical (unpaired) electrons. The molecule has 0 spiro atoms. The second-order valence-corrected chi connectivity index (χ2v) is 15.8. The highest BCUT2D eigenvalue weighted by atomic mass is 15.0. The third-order valence-electron chi connectivity index (χ3n) is 12.4. The molecule has 4 aromatic heterocycles. The largest absolute Gasteiger partial charge is 0.309 e. The lowest BCUT2D eigenvalue weighted by Gasteiger charge is -2.12.